The van der Waals surface area contributed by atoms with Gasteiger partial charge in [-0.05, 0) is 43.7 Å². The first-order chi connectivity index (χ1) is 10.3. The van der Waals surface area contributed by atoms with Gasteiger partial charge in [-0.2, -0.15) is 0 Å². The van der Waals surface area contributed by atoms with Crippen LogP contribution in [0.25, 0.3) is 0 Å². The molecule has 1 fully saturated rings. The fourth-order valence-electron chi connectivity index (χ4n) is 3.46. The zero-order chi connectivity index (χ0) is 14.7. The zero-order valence-corrected chi connectivity index (χ0v) is 12.3. The summed E-state index contributed by atoms with van der Waals surface area (Å²) < 4.78 is 5.75. The number of amides is 1. The van der Waals surface area contributed by atoms with Crippen LogP contribution in [0.2, 0.25) is 0 Å². The number of hydrogen-bond donors (Lipinski definition) is 1. The number of fused-ring (bicyclic) bond motifs is 1. The first kappa shape index (κ1) is 14.4. The molecule has 21 heavy (non-hydrogen) atoms. The van der Waals surface area contributed by atoms with Gasteiger partial charge in [0.2, 0.25) is 5.91 Å². The molecule has 1 aromatic rings. The monoisotopic (exact) mass is 289 g/mol. The van der Waals surface area contributed by atoms with E-state index in [1.165, 1.54) is 0 Å². The van der Waals surface area contributed by atoms with Crippen molar-refractivity contribution in [2.45, 2.75) is 38.1 Å². The summed E-state index contributed by atoms with van der Waals surface area (Å²) in [4.78, 5) is 14.8. The minimum absolute atomic E-state index is 0.0841. The van der Waals surface area contributed by atoms with Crippen molar-refractivity contribution in [1.82, 2.24) is 4.90 Å². The number of aliphatic hydroxyl groups excluding tert-OH is 1. The Hall–Kier alpha value is -1.55. The second kappa shape index (κ2) is 6.48. The van der Waals surface area contributed by atoms with Gasteiger partial charge in [0.15, 0.2) is 0 Å². The molecule has 114 valence electrons. The van der Waals surface area contributed by atoms with E-state index in [9.17, 15) is 9.90 Å². The Balaban J connectivity index is 1.70. The Morgan fingerprint density at radius 1 is 1.33 bits per heavy atom. The number of carbonyl (C=O) groups is 1. The molecule has 0 radical (unpaired) electrons. The second-order valence-corrected chi connectivity index (χ2v) is 6.01. The first-order valence-electron chi connectivity index (χ1n) is 7.91. The quantitative estimate of drug-likeness (QED) is 0.926. The van der Waals surface area contributed by atoms with Crippen molar-refractivity contribution in [2.24, 2.45) is 5.92 Å². The summed E-state index contributed by atoms with van der Waals surface area (Å²) in [7, 11) is 0. The van der Waals surface area contributed by atoms with Crippen LogP contribution in [0.1, 0.15) is 31.2 Å². The summed E-state index contributed by atoms with van der Waals surface area (Å²) >= 11 is 0. The van der Waals surface area contributed by atoms with Crippen LogP contribution in [0.4, 0.5) is 0 Å². The van der Waals surface area contributed by atoms with Crippen LogP contribution in [0.5, 0.6) is 5.75 Å². The van der Waals surface area contributed by atoms with E-state index in [2.05, 4.69) is 0 Å². The molecule has 0 bridgehead atoms. The van der Waals surface area contributed by atoms with Crippen LogP contribution in [0.3, 0.4) is 0 Å². The molecule has 0 aliphatic carbocycles. The van der Waals surface area contributed by atoms with E-state index in [4.69, 9.17) is 4.74 Å². The molecule has 1 aromatic carbocycles. The summed E-state index contributed by atoms with van der Waals surface area (Å²) in [6.07, 6.45) is 4.68. The van der Waals surface area contributed by atoms with Gasteiger partial charge in [-0.3, -0.25) is 4.79 Å². The second-order valence-electron chi connectivity index (χ2n) is 6.01. The van der Waals surface area contributed by atoms with Gasteiger partial charge in [-0.1, -0.05) is 18.2 Å². The molecular formula is C17H23NO3. The summed E-state index contributed by atoms with van der Waals surface area (Å²) in [5.74, 6) is 1.02. The van der Waals surface area contributed by atoms with E-state index in [1.54, 1.807) is 0 Å². The highest BCUT2D eigenvalue weighted by Gasteiger charge is 2.33. The van der Waals surface area contributed by atoms with Gasteiger partial charge >= 0.3 is 0 Å². The SMILES string of the molecule is O=C(C1COc2ccccc2C1)N1CCCCC1CCO. The molecule has 4 nitrogen and oxygen atoms in total. The highest BCUT2D eigenvalue weighted by Crippen LogP contribution is 2.29. The predicted octanol–water partition coefficient (Wildman–Crippen LogP) is 2.00. The topological polar surface area (TPSA) is 49.8 Å². The Morgan fingerprint density at radius 3 is 3.05 bits per heavy atom. The fraction of sp³-hybridized carbons (Fsp3) is 0.588. The summed E-state index contributed by atoms with van der Waals surface area (Å²) in [6.45, 7) is 1.44. The third-order valence-corrected chi connectivity index (χ3v) is 4.60. The van der Waals surface area contributed by atoms with E-state index < -0.39 is 0 Å². The lowest BCUT2D eigenvalue weighted by molar-refractivity contribution is -0.141. The maximum atomic E-state index is 12.8. The summed E-state index contributed by atoms with van der Waals surface area (Å²) in [6, 6.07) is 8.16. The molecular weight excluding hydrogens is 266 g/mol. The number of aliphatic hydroxyl groups is 1. The van der Waals surface area contributed by atoms with Crippen LogP contribution in [-0.2, 0) is 11.2 Å². The number of nitrogens with zero attached hydrogens (tertiary/aromatic N) is 1. The Kier molecular flexibility index (Phi) is 4.44. The van der Waals surface area contributed by atoms with Gasteiger partial charge in [-0.25, -0.2) is 0 Å². The zero-order valence-electron chi connectivity index (χ0n) is 12.3. The number of hydrogen-bond acceptors (Lipinski definition) is 3. The molecule has 1 amide bonds. The molecule has 2 unspecified atom stereocenters. The Labute approximate surface area is 125 Å². The largest absolute Gasteiger partial charge is 0.492 e. The number of piperidine rings is 1. The third kappa shape index (κ3) is 3.05. The van der Waals surface area contributed by atoms with Crippen molar-refractivity contribution in [3.63, 3.8) is 0 Å². The maximum Gasteiger partial charge on any atom is 0.229 e. The van der Waals surface area contributed by atoms with Crippen LogP contribution in [0, 0.1) is 5.92 Å². The highest BCUT2D eigenvalue weighted by molar-refractivity contribution is 5.80. The highest BCUT2D eigenvalue weighted by atomic mass is 16.5. The average molecular weight is 289 g/mol. The van der Waals surface area contributed by atoms with E-state index >= 15 is 0 Å². The smallest absolute Gasteiger partial charge is 0.229 e. The molecule has 2 atom stereocenters. The van der Waals surface area contributed by atoms with Gasteiger partial charge in [0.1, 0.15) is 12.4 Å². The van der Waals surface area contributed by atoms with Gasteiger partial charge in [0.05, 0.1) is 5.92 Å². The van der Waals surface area contributed by atoms with E-state index in [-0.39, 0.29) is 24.5 Å². The van der Waals surface area contributed by atoms with Crippen molar-refractivity contribution < 1.29 is 14.6 Å². The van der Waals surface area contributed by atoms with E-state index in [0.717, 1.165) is 43.5 Å². The molecule has 1 N–H and O–H groups in total. The van der Waals surface area contributed by atoms with Crippen molar-refractivity contribution in [2.75, 3.05) is 19.8 Å². The van der Waals surface area contributed by atoms with Crippen LogP contribution >= 0.6 is 0 Å². The molecule has 2 aliphatic rings. The van der Waals surface area contributed by atoms with E-state index in [0.29, 0.717) is 13.0 Å². The molecule has 2 aliphatic heterocycles. The van der Waals surface area contributed by atoms with Gasteiger partial charge < -0.3 is 14.7 Å². The van der Waals surface area contributed by atoms with Crippen LogP contribution in [0.15, 0.2) is 24.3 Å². The van der Waals surface area contributed by atoms with Crippen molar-refractivity contribution in [3.8, 4) is 5.75 Å². The van der Waals surface area contributed by atoms with E-state index in [1.807, 2.05) is 29.2 Å². The lowest BCUT2D eigenvalue weighted by Crippen LogP contribution is -2.48. The number of benzene rings is 1. The Morgan fingerprint density at radius 2 is 2.19 bits per heavy atom. The van der Waals surface area contributed by atoms with Gasteiger partial charge in [0, 0.05) is 19.2 Å². The number of likely N-dealkylation sites (tertiary alicyclic amines) is 1. The minimum atomic E-state index is -0.0841. The minimum Gasteiger partial charge on any atom is -0.492 e. The molecule has 3 rings (SSSR count). The lowest BCUT2D eigenvalue weighted by atomic mass is 9.92. The molecule has 0 aromatic heterocycles. The number of carbonyl (C=O) groups excluding carboxylic acids is 1. The molecule has 0 spiro atoms. The normalized spacial score (nSPS) is 25.1. The van der Waals surface area contributed by atoms with Crippen molar-refractivity contribution in [1.29, 1.82) is 0 Å². The molecule has 0 saturated carbocycles. The summed E-state index contributed by atoms with van der Waals surface area (Å²) in [5, 5.41) is 9.20. The van der Waals surface area contributed by atoms with Gasteiger partial charge in [-0.15, -0.1) is 0 Å². The first-order valence-corrected chi connectivity index (χ1v) is 7.91. The van der Waals surface area contributed by atoms with Crippen molar-refractivity contribution >= 4 is 5.91 Å². The molecule has 1 saturated heterocycles. The number of rotatable bonds is 3. The summed E-state index contributed by atoms with van der Waals surface area (Å²) in [5.41, 5.74) is 1.12. The lowest BCUT2D eigenvalue weighted by Gasteiger charge is -2.38. The number of ether oxygens (including phenoxy) is 1. The van der Waals surface area contributed by atoms with Crippen LogP contribution < -0.4 is 4.74 Å². The average Bonchev–Trinajstić information content (AvgIpc) is 2.54. The molecule has 4 heteroatoms. The van der Waals surface area contributed by atoms with Crippen molar-refractivity contribution in [3.05, 3.63) is 29.8 Å². The molecule has 2 heterocycles. The standard InChI is InChI=1S/C17H23NO3/c19-10-8-15-6-3-4-9-18(15)17(20)14-11-13-5-1-2-7-16(13)21-12-14/h1-2,5,7,14-15,19H,3-4,6,8-12H2. The Bertz CT molecular complexity index is 501. The fourth-order valence-corrected chi connectivity index (χ4v) is 3.46. The predicted molar refractivity (Wildman–Crippen MR) is 80.2 cm³/mol. The number of para-hydroxylation sites is 1. The van der Waals surface area contributed by atoms with Gasteiger partial charge in [0.25, 0.3) is 0 Å². The van der Waals surface area contributed by atoms with Crippen LogP contribution in [-0.4, -0.2) is 41.7 Å². The third-order valence-electron chi connectivity index (χ3n) is 4.60. The maximum absolute atomic E-state index is 12.8.